The van der Waals surface area contributed by atoms with Gasteiger partial charge in [0.1, 0.15) is 0 Å². The molecular weight excluding hydrogens is 316 g/mol. The molecule has 0 amide bonds. The number of carbonyl (C=O) groups excluding carboxylic acids is 1. The Bertz CT molecular complexity index is 821. The van der Waals surface area contributed by atoms with Gasteiger partial charge in [-0.1, -0.05) is 30.3 Å². The van der Waals surface area contributed by atoms with Crippen LogP contribution in [-0.4, -0.2) is 43.9 Å². The van der Waals surface area contributed by atoms with Gasteiger partial charge in [0.05, 0.1) is 7.11 Å². The molecule has 0 N–H and O–H groups in total. The Hall–Kier alpha value is -2.38. The molecule has 0 bridgehead atoms. The van der Waals surface area contributed by atoms with E-state index in [1.165, 1.54) is 45.8 Å². The molecule has 0 fully saturated rings. The van der Waals surface area contributed by atoms with E-state index in [0.717, 1.165) is 13.8 Å². The van der Waals surface area contributed by atoms with Crippen molar-refractivity contribution < 1.29 is 17.9 Å². The Morgan fingerprint density at radius 1 is 1.17 bits per heavy atom. The highest BCUT2D eigenvalue weighted by molar-refractivity contribution is 7.87. The largest absolute Gasteiger partial charge is 0.466 e. The highest BCUT2D eigenvalue weighted by atomic mass is 32.2. The Morgan fingerprint density at radius 2 is 1.83 bits per heavy atom. The lowest BCUT2D eigenvalue weighted by Gasteiger charge is -2.11. The topological polar surface area (TPSA) is 68.6 Å². The van der Waals surface area contributed by atoms with Gasteiger partial charge in [0.25, 0.3) is 0 Å². The van der Waals surface area contributed by atoms with E-state index in [-0.39, 0.29) is 0 Å². The number of benzene rings is 1. The molecule has 2 rings (SSSR count). The number of hydrogen-bond acceptors (Lipinski definition) is 4. The summed E-state index contributed by atoms with van der Waals surface area (Å²) in [6.45, 7) is 0. The van der Waals surface area contributed by atoms with Crippen molar-refractivity contribution in [3.8, 4) is 11.1 Å². The van der Waals surface area contributed by atoms with Crippen LogP contribution in [0.3, 0.4) is 0 Å². The van der Waals surface area contributed by atoms with E-state index in [2.05, 4.69) is 4.74 Å². The zero-order chi connectivity index (χ0) is 17.0. The normalized spacial score (nSPS) is 12.0. The van der Waals surface area contributed by atoms with Crippen LogP contribution in [0.5, 0.6) is 0 Å². The average Bonchev–Trinajstić information content (AvgIpc) is 2.98. The number of hydrogen-bond donors (Lipinski definition) is 0. The van der Waals surface area contributed by atoms with Crippen molar-refractivity contribution in [2.24, 2.45) is 0 Å². The van der Waals surface area contributed by atoms with E-state index in [9.17, 15) is 13.2 Å². The van der Waals surface area contributed by atoms with E-state index in [4.69, 9.17) is 0 Å². The van der Waals surface area contributed by atoms with Gasteiger partial charge in [0, 0.05) is 43.7 Å². The summed E-state index contributed by atoms with van der Waals surface area (Å²) in [5, 5.41) is 0. The number of esters is 1. The van der Waals surface area contributed by atoms with Crippen molar-refractivity contribution in [1.82, 2.24) is 8.28 Å². The van der Waals surface area contributed by atoms with Crippen molar-refractivity contribution in [3.63, 3.8) is 0 Å². The van der Waals surface area contributed by atoms with Crippen LogP contribution in [0.2, 0.25) is 0 Å². The Morgan fingerprint density at radius 3 is 2.39 bits per heavy atom. The summed E-state index contributed by atoms with van der Waals surface area (Å²) < 4.78 is 31.4. The summed E-state index contributed by atoms with van der Waals surface area (Å²) in [5.41, 5.74) is 2.16. The minimum absolute atomic E-state index is 0.507. The molecule has 0 saturated carbocycles. The van der Waals surface area contributed by atoms with Gasteiger partial charge in [-0.15, -0.1) is 0 Å². The number of ether oxygens (including phenoxy) is 1. The van der Waals surface area contributed by atoms with Crippen LogP contribution in [0.1, 0.15) is 5.56 Å². The third kappa shape index (κ3) is 3.69. The summed E-state index contributed by atoms with van der Waals surface area (Å²) in [6, 6.07) is 9.34. The summed E-state index contributed by atoms with van der Waals surface area (Å²) in [5.74, 6) is -0.507. The fraction of sp³-hybridized carbons (Fsp3) is 0.188. The maximum Gasteiger partial charge on any atom is 0.330 e. The predicted octanol–water partition coefficient (Wildman–Crippen LogP) is 2.00. The van der Waals surface area contributed by atoms with Gasteiger partial charge in [0.2, 0.25) is 0 Å². The van der Waals surface area contributed by atoms with Gasteiger partial charge >= 0.3 is 16.2 Å². The molecule has 1 aromatic carbocycles. The zero-order valence-corrected chi connectivity index (χ0v) is 13.9. The lowest BCUT2D eigenvalue weighted by Crippen LogP contribution is -2.27. The average molecular weight is 334 g/mol. The maximum absolute atomic E-state index is 12.3. The van der Waals surface area contributed by atoms with Crippen LogP contribution < -0.4 is 0 Å². The van der Waals surface area contributed by atoms with E-state index in [0.29, 0.717) is 11.1 Å². The number of methoxy groups -OCH3 is 1. The van der Waals surface area contributed by atoms with E-state index in [1.807, 2.05) is 30.3 Å². The fourth-order valence-electron chi connectivity index (χ4n) is 1.99. The molecule has 7 heteroatoms. The Balaban J connectivity index is 2.57. The van der Waals surface area contributed by atoms with Crippen LogP contribution in [0.25, 0.3) is 17.2 Å². The molecule has 0 aliphatic heterocycles. The molecule has 122 valence electrons. The molecule has 0 atom stereocenters. The van der Waals surface area contributed by atoms with Crippen molar-refractivity contribution in [2.75, 3.05) is 21.2 Å². The first-order valence-electron chi connectivity index (χ1n) is 6.82. The third-order valence-electron chi connectivity index (χ3n) is 3.25. The van der Waals surface area contributed by atoms with Gasteiger partial charge in [-0.3, -0.25) is 0 Å². The first-order chi connectivity index (χ1) is 10.9. The molecule has 0 unspecified atom stereocenters. The van der Waals surface area contributed by atoms with Gasteiger partial charge < -0.3 is 4.74 Å². The second-order valence-electron chi connectivity index (χ2n) is 4.97. The van der Waals surface area contributed by atoms with Gasteiger partial charge in [-0.25, -0.2) is 8.77 Å². The van der Waals surface area contributed by atoms with Crippen LogP contribution in [0.15, 0.2) is 48.8 Å². The zero-order valence-electron chi connectivity index (χ0n) is 13.1. The summed E-state index contributed by atoms with van der Waals surface area (Å²) in [7, 11) is 0.573. The molecule has 2 aromatic rings. The molecule has 23 heavy (non-hydrogen) atoms. The van der Waals surface area contributed by atoms with Crippen molar-refractivity contribution in [3.05, 3.63) is 54.4 Å². The predicted molar refractivity (Wildman–Crippen MR) is 88.9 cm³/mol. The Labute approximate surface area is 135 Å². The quantitative estimate of drug-likeness (QED) is 0.619. The summed E-state index contributed by atoms with van der Waals surface area (Å²) >= 11 is 0. The summed E-state index contributed by atoms with van der Waals surface area (Å²) in [4.78, 5) is 11.3. The standard InChI is InChI=1S/C16H18N2O4S/c1-17(2)23(20,21)18-11-14(9-10-16(19)22-3)15(12-18)13-7-5-4-6-8-13/h4-12H,1-3H3/b10-9+. The highest BCUT2D eigenvalue weighted by Gasteiger charge is 2.18. The molecule has 0 spiro atoms. The van der Waals surface area contributed by atoms with Crippen LogP contribution in [0, 0.1) is 0 Å². The van der Waals surface area contributed by atoms with Crippen molar-refractivity contribution in [1.29, 1.82) is 0 Å². The van der Waals surface area contributed by atoms with Crippen LogP contribution >= 0.6 is 0 Å². The lowest BCUT2D eigenvalue weighted by molar-refractivity contribution is -0.134. The molecule has 1 heterocycles. The second-order valence-corrected chi connectivity index (χ2v) is 7.02. The van der Waals surface area contributed by atoms with E-state index < -0.39 is 16.2 Å². The van der Waals surface area contributed by atoms with Gasteiger partial charge in [-0.2, -0.15) is 12.7 Å². The first-order valence-corrected chi connectivity index (χ1v) is 8.22. The van der Waals surface area contributed by atoms with Crippen molar-refractivity contribution >= 4 is 22.3 Å². The minimum atomic E-state index is -3.63. The number of carbonyl (C=O) groups is 1. The number of rotatable bonds is 5. The highest BCUT2D eigenvalue weighted by Crippen LogP contribution is 2.27. The maximum atomic E-state index is 12.3. The number of aromatic nitrogens is 1. The summed E-state index contributed by atoms with van der Waals surface area (Å²) in [6.07, 6.45) is 5.79. The van der Waals surface area contributed by atoms with Gasteiger partial charge in [0.15, 0.2) is 0 Å². The molecular formula is C16H18N2O4S. The van der Waals surface area contributed by atoms with Crippen LogP contribution in [-0.2, 0) is 19.7 Å². The van der Waals surface area contributed by atoms with Crippen LogP contribution in [0.4, 0.5) is 0 Å². The molecule has 6 nitrogen and oxygen atoms in total. The lowest BCUT2D eigenvalue weighted by atomic mass is 10.0. The fourth-order valence-corrected chi connectivity index (χ4v) is 2.85. The van der Waals surface area contributed by atoms with Crippen molar-refractivity contribution in [2.45, 2.75) is 0 Å². The van der Waals surface area contributed by atoms with E-state index in [1.54, 1.807) is 0 Å². The second kappa shape index (κ2) is 6.80. The SMILES string of the molecule is COC(=O)/C=C/c1cn(S(=O)(=O)N(C)C)cc1-c1ccccc1. The Kier molecular flexibility index (Phi) is 5.02. The minimum Gasteiger partial charge on any atom is -0.466 e. The number of nitrogens with zero attached hydrogens (tertiary/aromatic N) is 2. The van der Waals surface area contributed by atoms with E-state index >= 15 is 0 Å². The molecule has 0 aliphatic carbocycles. The first kappa shape index (κ1) is 17.0. The smallest absolute Gasteiger partial charge is 0.330 e. The van der Waals surface area contributed by atoms with Gasteiger partial charge in [-0.05, 0) is 11.6 Å². The monoisotopic (exact) mass is 334 g/mol. The molecule has 0 radical (unpaired) electrons. The molecule has 0 aliphatic rings. The third-order valence-corrected chi connectivity index (χ3v) is 4.91. The molecule has 0 saturated heterocycles. The molecule has 1 aromatic heterocycles.